The molecule has 0 spiro atoms. The van der Waals surface area contributed by atoms with Crippen molar-refractivity contribution in [3.63, 3.8) is 0 Å². The Kier molecular flexibility index (Phi) is 6.83. The van der Waals surface area contributed by atoms with E-state index in [2.05, 4.69) is 51.2 Å². The third kappa shape index (κ3) is 7.65. The Morgan fingerprint density at radius 1 is 1.36 bits per heavy atom. The predicted octanol–water partition coefficient (Wildman–Crippen LogP) is 2.06. The summed E-state index contributed by atoms with van der Waals surface area (Å²) in [6, 6.07) is 0.673. The van der Waals surface area contributed by atoms with Crippen LogP contribution in [0.5, 0.6) is 0 Å². The molecule has 0 aliphatic rings. The highest BCUT2D eigenvalue weighted by molar-refractivity contribution is 7.98. The summed E-state index contributed by atoms with van der Waals surface area (Å²) in [5.41, 5.74) is 0.240. The molecule has 0 fully saturated rings. The molecule has 0 aromatic carbocycles. The van der Waals surface area contributed by atoms with Gasteiger partial charge in [0.2, 0.25) is 0 Å². The lowest BCUT2D eigenvalue weighted by molar-refractivity contribution is 0.264. The minimum atomic E-state index is 0.240. The van der Waals surface area contributed by atoms with Gasteiger partial charge in [0.1, 0.15) is 0 Å². The molecule has 0 saturated heterocycles. The van der Waals surface area contributed by atoms with Gasteiger partial charge < -0.3 is 10.2 Å². The molecule has 0 radical (unpaired) electrons. The van der Waals surface area contributed by atoms with E-state index >= 15 is 0 Å². The third-order valence-corrected chi connectivity index (χ3v) is 3.10. The van der Waals surface area contributed by atoms with Crippen LogP contribution >= 0.6 is 11.8 Å². The SMILES string of the molecule is CSCC(C)N(C)CCNC(C)(C)C. The average Bonchev–Trinajstić information content (AvgIpc) is 2.02. The fourth-order valence-electron chi connectivity index (χ4n) is 1.20. The summed E-state index contributed by atoms with van der Waals surface area (Å²) < 4.78 is 0. The Morgan fingerprint density at radius 2 is 1.93 bits per heavy atom. The summed E-state index contributed by atoms with van der Waals surface area (Å²) in [5.74, 6) is 1.21. The molecule has 1 unspecified atom stereocenters. The summed E-state index contributed by atoms with van der Waals surface area (Å²) >= 11 is 1.91. The number of thioether (sulfide) groups is 1. The fourth-order valence-corrected chi connectivity index (χ4v) is 1.93. The number of nitrogens with one attached hydrogen (secondary N) is 1. The van der Waals surface area contributed by atoms with Crippen molar-refractivity contribution < 1.29 is 0 Å². The largest absolute Gasteiger partial charge is 0.311 e. The van der Waals surface area contributed by atoms with E-state index in [4.69, 9.17) is 0 Å². The lowest BCUT2D eigenvalue weighted by Gasteiger charge is -2.27. The molecule has 0 aromatic rings. The van der Waals surface area contributed by atoms with Crippen molar-refractivity contribution in [1.82, 2.24) is 10.2 Å². The molecule has 0 rings (SSSR count). The van der Waals surface area contributed by atoms with Crippen molar-refractivity contribution in [3.05, 3.63) is 0 Å². The van der Waals surface area contributed by atoms with Crippen LogP contribution in [0.25, 0.3) is 0 Å². The molecule has 0 bridgehead atoms. The summed E-state index contributed by atoms with van der Waals surface area (Å²) in [5, 5.41) is 3.50. The zero-order valence-corrected chi connectivity index (χ0v) is 11.4. The standard InChI is InChI=1S/C11H26N2S/c1-10(9-14-6)13(5)8-7-12-11(2,3)4/h10,12H,7-9H2,1-6H3. The van der Waals surface area contributed by atoms with Gasteiger partial charge in [-0.15, -0.1) is 0 Å². The van der Waals surface area contributed by atoms with Gasteiger partial charge in [-0.1, -0.05) is 0 Å². The number of hydrogen-bond acceptors (Lipinski definition) is 3. The minimum absolute atomic E-state index is 0.240. The molecule has 1 N–H and O–H groups in total. The van der Waals surface area contributed by atoms with Crippen LogP contribution < -0.4 is 5.32 Å². The van der Waals surface area contributed by atoms with Gasteiger partial charge in [-0.25, -0.2) is 0 Å². The average molecular weight is 218 g/mol. The van der Waals surface area contributed by atoms with E-state index in [0.717, 1.165) is 13.1 Å². The van der Waals surface area contributed by atoms with Gasteiger partial charge in [-0.3, -0.25) is 0 Å². The van der Waals surface area contributed by atoms with Gasteiger partial charge in [0.25, 0.3) is 0 Å². The molecular formula is C11H26N2S. The maximum absolute atomic E-state index is 3.50. The number of rotatable bonds is 6. The van der Waals surface area contributed by atoms with E-state index in [1.165, 1.54) is 5.75 Å². The highest BCUT2D eigenvalue weighted by Gasteiger charge is 2.11. The molecule has 1 atom stereocenters. The predicted molar refractivity (Wildman–Crippen MR) is 68.2 cm³/mol. The summed E-state index contributed by atoms with van der Waals surface area (Å²) in [4.78, 5) is 2.41. The van der Waals surface area contributed by atoms with Crippen LogP contribution in [0.4, 0.5) is 0 Å². The van der Waals surface area contributed by atoms with E-state index in [-0.39, 0.29) is 5.54 Å². The Hall–Kier alpha value is 0.270. The summed E-state index contributed by atoms with van der Waals surface area (Å²) in [6.45, 7) is 11.1. The zero-order chi connectivity index (χ0) is 11.2. The fraction of sp³-hybridized carbons (Fsp3) is 1.00. The van der Waals surface area contributed by atoms with Gasteiger partial charge in [0.05, 0.1) is 0 Å². The molecular weight excluding hydrogens is 192 g/mol. The second kappa shape index (κ2) is 6.70. The van der Waals surface area contributed by atoms with Crippen molar-refractivity contribution in [1.29, 1.82) is 0 Å². The second-order valence-corrected chi connectivity index (χ2v) is 5.87. The van der Waals surface area contributed by atoms with Crippen LogP contribution in [0.3, 0.4) is 0 Å². The van der Waals surface area contributed by atoms with Crippen LogP contribution in [0.15, 0.2) is 0 Å². The molecule has 0 saturated carbocycles. The van der Waals surface area contributed by atoms with E-state index in [9.17, 15) is 0 Å². The highest BCUT2D eigenvalue weighted by Crippen LogP contribution is 2.03. The van der Waals surface area contributed by atoms with Crippen molar-refractivity contribution in [3.8, 4) is 0 Å². The Morgan fingerprint density at radius 3 is 2.36 bits per heavy atom. The molecule has 3 heteroatoms. The molecule has 86 valence electrons. The molecule has 2 nitrogen and oxygen atoms in total. The van der Waals surface area contributed by atoms with Crippen molar-refractivity contribution in [2.75, 3.05) is 32.1 Å². The van der Waals surface area contributed by atoms with Gasteiger partial charge >= 0.3 is 0 Å². The smallest absolute Gasteiger partial charge is 0.0155 e. The number of hydrogen-bond donors (Lipinski definition) is 1. The maximum atomic E-state index is 3.50. The lowest BCUT2D eigenvalue weighted by atomic mass is 10.1. The van der Waals surface area contributed by atoms with Crippen molar-refractivity contribution >= 4 is 11.8 Å². The first-order valence-corrected chi connectivity index (χ1v) is 6.70. The summed E-state index contributed by atoms with van der Waals surface area (Å²) in [6.07, 6.45) is 2.16. The molecule has 0 aliphatic carbocycles. The molecule has 14 heavy (non-hydrogen) atoms. The van der Waals surface area contributed by atoms with Gasteiger partial charge in [-0.2, -0.15) is 11.8 Å². The number of nitrogens with zero attached hydrogens (tertiary/aromatic N) is 1. The third-order valence-electron chi connectivity index (χ3n) is 2.28. The zero-order valence-electron chi connectivity index (χ0n) is 10.6. The van der Waals surface area contributed by atoms with E-state index < -0.39 is 0 Å². The minimum Gasteiger partial charge on any atom is -0.311 e. The highest BCUT2D eigenvalue weighted by atomic mass is 32.2. The maximum Gasteiger partial charge on any atom is 0.0155 e. The molecule has 0 aromatic heterocycles. The number of likely N-dealkylation sites (N-methyl/N-ethyl adjacent to an activating group) is 1. The van der Waals surface area contributed by atoms with Crippen LogP contribution in [0, 0.1) is 0 Å². The lowest BCUT2D eigenvalue weighted by Crippen LogP contribution is -2.42. The molecule has 0 aliphatic heterocycles. The molecule has 0 heterocycles. The van der Waals surface area contributed by atoms with E-state index in [0.29, 0.717) is 6.04 Å². The Balaban J connectivity index is 3.58. The van der Waals surface area contributed by atoms with E-state index in [1.807, 2.05) is 11.8 Å². The van der Waals surface area contributed by atoms with E-state index in [1.54, 1.807) is 0 Å². The quantitative estimate of drug-likeness (QED) is 0.735. The van der Waals surface area contributed by atoms with Gasteiger partial charge in [0.15, 0.2) is 0 Å². The Bertz CT molecular complexity index is 143. The van der Waals surface area contributed by atoms with Gasteiger partial charge in [0, 0.05) is 30.4 Å². The summed E-state index contributed by atoms with van der Waals surface area (Å²) in [7, 11) is 2.20. The monoisotopic (exact) mass is 218 g/mol. The van der Waals surface area contributed by atoms with Crippen molar-refractivity contribution in [2.24, 2.45) is 0 Å². The normalized spacial score (nSPS) is 14.8. The van der Waals surface area contributed by atoms with Crippen molar-refractivity contribution in [2.45, 2.75) is 39.3 Å². The van der Waals surface area contributed by atoms with Crippen LogP contribution in [0.2, 0.25) is 0 Å². The van der Waals surface area contributed by atoms with Crippen LogP contribution in [-0.4, -0.2) is 48.6 Å². The van der Waals surface area contributed by atoms with Gasteiger partial charge in [-0.05, 0) is 41.0 Å². The second-order valence-electron chi connectivity index (χ2n) is 4.96. The first kappa shape index (κ1) is 14.3. The van der Waals surface area contributed by atoms with Crippen LogP contribution in [-0.2, 0) is 0 Å². The van der Waals surface area contributed by atoms with Crippen LogP contribution in [0.1, 0.15) is 27.7 Å². The Labute approximate surface area is 93.8 Å². The molecule has 0 amide bonds. The topological polar surface area (TPSA) is 15.3 Å². The first-order valence-electron chi connectivity index (χ1n) is 5.31. The first-order chi connectivity index (χ1) is 6.37.